The van der Waals surface area contributed by atoms with Crippen LogP contribution in [0.5, 0.6) is 0 Å². The summed E-state index contributed by atoms with van der Waals surface area (Å²) in [5, 5.41) is 0. The van der Waals surface area contributed by atoms with Gasteiger partial charge in [-0.2, -0.15) is 0 Å². The molecule has 0 saturated heterocycles. The molecule has 0 aliphatic heterocycles. The summed E-state index contributed by atoms with van der Waals surface area (Å²) < 4.78 is 0. The average Bonchev–Trinajstić information content (AvgIpc) is 2.38. The van der Waals surface area contributed by atoms with Gasteiger partial charge in [0.15, 0.2) is 0 Å². The van der Waals surface area contributed by atoms with Crippen LogP contribution in [0.3, 0.4) is 0 Å². The van der Waals surface area contributed by atoms with E-state index in [1.807, 2.05) is 0 Å². The van der Waals surface area contributed by atoms with Crippen molar-refractivity contribution in [3.8, 4) is 0 Å². The quantitative estimate of drug-likeness (QED) is 0.461. The predicted octanol–water partition coefficient (Wildman–Crippen LogP) is 4.61. The van der Waals surface area contributed by atoms with Crippen LogP contribution < -0.4 is 5.73 Å². The van der Waals surface area contributed by atoms with Crippen molar-refractivity contribution in [1.29, 1.82) is 0 Å². The van der Waals surface area contributed by atoms with E-state index in [9.17, 15) is 4.79 Å². The molecule has 2 N–H and O–H groups in total. The summed E-state index contributed by atoms with van der Waals surface area (Å²) >= 11 is 0. The fourth-order valence-electron chi connectivity index (χ4n) is 2.22. The molecule has 0 aromatic rings. The minimum Gasteiger partial charge on any atom is -0.330 e. The minimum absolute atomic E-state index is 0.456. The Labute approximate surface area is 114 Å². The van der Waals surface area contributed by atoms with Crippen LogP contribution >= 0.6 is 0 Å². The van der Waals surface area contributed by atoms with Crippen molar-refractivity contribution in [3.63, 3.8) is 0 Å². The molecule has 0 saturated carbocycles. The summed E-state index contributed by atoms with van der Waals surface area (Å²) in [6.07, 6.45) is 15.2. The molecular formula is C16H33NO. The highest BCUT2D eigenvalue weighted by Crippen LogP contribution is 2.11. The standard InChI is InChI=1S/C16H33NO/c1-2-3-4-5-6-7-8-10-13-16(18)14-11-9-12-15-17/h2-15,17H2,1H3. The van der Waals surface area contributed by atoms with E-state index in [0.717, 1.165) is 45.1 Å². The molecule has 0 aliphatic carbocycles. The van der Waals surface area contributed by atoms with Crippen molar-refractivity contribution < 1.29 is 4.79 Å². The highest BCUT2D eigenvalue weighted by molar-refractivity contribution is 5.78. The Morgan fingerprint density at radius 1 is 0.722 bits per heavy atom. The van der Waals surface area contributed by atoms with E-state index in [0.29, 0.717) is 5.78 Å². The summed E-state index contributed by atoms with van der Waals surface area (Å²) in [7, 11) is 0. The topological polar surface area (TPSA) is 43.1 Å². The maximum absolute atomic E-state index is 11.5. The summed E-state index contributed by atoms with van der Waals surface area (Å²) in [5.74, 6) is 0.456. The average molecular weight is 255 g/mol. The third-order valence-electron chi connectivity index (χ3n) is 3.47. The molecular weight excluding hydrogens is 222 g/mol. The molecule has 0 aromatic carbocycles. The molecule has 2 nitrogen and oxygen atoms in total. The Morgan fingerprint density at radius 3 is 1.67 bits per heavy atom. The van der Waals surface area contributed by atoms with Gasteiger partial charge in [0, 0.05) is 12.8 Å². The summed E-state index contributed by atoms with van der Waals surface area (Å²) in [6, 6.07) is 0. The molecule has 0 aromatic heterocycles. The number of ketones is 1. The smallest absolute Gasteiger partial charge is 0.132 e. The van der Waals surface area contributed by atoms with Crippen LogP contribution in [0.4, 0.5) is 0 Å². The van der Waals surface area contributed by atoms with Crippen LogP contribution in [0.1, 0.15) is 90.4 Å². The number of nitrogens with two attached hydrogens (primary N) is 1. The number of carbonyl (C=O) groups excluding carboxylic acids is 1. The third kappa shape index (κ3) is 13.7. The van der Waals surface area contributed by atoms with Crippen LogP contribution in [0.25, 0.3) is 0 Å². The number of rotatable bonds is 14. The van der Waals surface area contributed by atoms with Gasteiger partial charge < -0.3 is 5.73 Å². The maximum atomic E-state index is 11.5. The SMILES string of the molecule is CCCCCCCCCCC(=O)CCCCCN. The normalized spacial score (nSPS) is 10.8. The van der Waals surface area contributed by atoms with E-state index in [-0.39, 0.29) is 0 Å². The van der Waals surface area contributed by atoms with E-state index in [1.54, 1.807) is 0 Å². The molecule has 18 heavy (non-hydrogen) atoms. The summed E-state index contributed by atoms with van der Waals surface area (Å²) in [4.78, 5) is 11.5. The number of Topliss-reactive ketones (excluding diaryl/α,β-unsaturated/α-hetero) is 1. The number of hydrogen-bond donors (Lipinski definition) is 1. The largest absolute Gasteiger partial charge is 0.330 e. The predicted molar refractivity (Wildman–Crippen MR) is 79.8 cm³/mol. The fourth-order valence-corrected chi connectivity index (χ4v) is 2.22. The van der Waals surface area contributed by atoms with Gasteiger partial charge in [-0.05, 0) is 25.8 Å². The van der Waals surface area contributed by atoms with E-state index in [2.05, 4.69) is 6.92 Å². The summed E-state index contributed by atoms with van der Waals surface area (Å²) in [5.41, 5.74) is 5.42. The van der Waals surface area contributed by atoms with E-state index < -0.39 is 0 Å². The Morgan fingerprint density at radius 2 is 1.17 bits per heavy atom. The van der Waals surface area contributed by atoms with Gasteiger partial charge in [-0.25, -0.2) is 0 Å². The molecule has 2 heteroatoms. The van der Waals surface area contributed by atoms with Crippen LogP contribution in [0.15, 0.2) is 0 Å². The Balaban J connectivity index is 3.10. The first kappa shape index (κ1) is 17.6. The lowest BCUT2D eigenvalue weighted by molar-refractivity contribution is -0.119. The van der Waals surface area contributed by atoms with Crippen LogP contribution in [-0.2, 0) is 4.79 Å². The van der Waals surface area contributed by atoms with Crippen LogP contribution in [-0.4, -0.2) is 12.3 Å². The zero-order valence-corrected chi connectivity index (χ0v) is 12.4. The maximum Gasteiger partial charge on any atom is 0.132 e. The molecule has 0 rings (SSSR count). The fraction of sp³-hybridized carbons (Fsp3) is 0.938. The number of unbranched alkanes of at least 4 members (excludes halogenated alkanes) is 9. The van der Waals surface area contributed by atoms with Gasteiger partial charge in [0.05, 0.1) is 0 Å². The first-order chi connectivity index (χ1) is 8.81. The molecule has 0 radical (unpaired) electrons. The zero-order valence-electron chi connectivity index (χ0n) is 12.4. The van der Waals surface area contributed by atoms with Crippen molar-refractivity contribution in [2.75, 3.05) is 6.54 Å². The lowest BCUT2D eigenvalue weighted by Crippen LogP contribution is -2.00. The van der Waals surface area contributed by atoms with Crippen molar-refractivity contribution >= 4 is 5.78 Å². The third-order valence-corrected chi connectivity index (χ3v) is 3.47. The van der Waals surface area contributed by atoms with Gasteiger partial charge in [0.2, 0.25) is 0 Å². The van der Waals surface area contributed by atoms with Crippen LogP contribution in [0.2, 0.25) is 0 Å². The van der Waals surface area contributed by atoms with E-state index >= 15 is 0 Å². The molecule has 0 spiro atoms. The Hall–Kier alpha value is -0.370. The van der Waals surface area contributed by atoms with Gasteiger partial charge in [-0.3, -0.25) is 4.79 Å². The monoisotopic (exact) mass is 255 g/mol. The molecule has 0 heterocycles. The van der Waals surface area contributed by atoms with Gasteiger partial charge in [-0.1, -0.05) is 58.3 Å². The molecule has 0 fully saturated rings. The molecule has 0 aliphatic rings. The lowest BCUT2D eigenvalue weighted by Gasteiger charge is -2.02. The van der Waals surface area contributed by atoms with Crippen molar-refractivity contribution in [2.24, 2.45) is 5.73 Å². The van der Waals surface area contributed by atoms with Gasteiger partial charge in [-0.15, -0.1) is 0 Å². The molecule has 0 atom stereocenters. The second kappa shape index (κ2) is 14.7. The van der Waals surface area contributed by atoms with Crippen molar-refractivity contribution in [1.82, 2.24) is 0 Å². The lowest BCUT2D eigenvalue weighted by atomic mass is 10.0. The second-order valence-electron chi connectivity index (χ2n) is 5.36. The summed E-state index contributed by atoms with van der Waals surface area (Å²) in [6.45, 7) is 3.01. The first-order valence-corrected chi connectivity index (χ1v) is 8.03. The van der Waals surface area contributed by atoms with Crippen LogP contribution in [0, 0.1) is 0 Å². The molecule has 108 valence electrons. The Kier molecular flexibility index (Phi) is 14.4. The number of hydrogen-bond acceptors (Lipinski definition) is 2. The highest BCUT2D eigenvalue weighted by atomic mass is 16.1. The van der Waals surface area contributed by atoms with Gasteiger partial charge >= 0.3 is 0 Å². The van der Waals surface area contributed by atoms with Crippen molar-refractivity contribution in [2.45, 2.75) is 90.4 Å². The van der Waals surface area contributed by atoms with Gasteiger partial charge in [0.25, 0.3) is 0 Å². The zero-order chi connectivity index (χ0) is 13.5. The Bertz CT molecular complexity index is 180. The van der Waals surface area contributed by atoms with Gasteiger partial charge in [0.1, 0.15) is 5.78 Å². The van der Waals surface area contributed by atoms with Crippen molar-refractivity contribution in [3.05, 3.63) is 0 Å². The van der Waals surface area contributed by atoms with E-state index in [4.69, 9.17) is 5.73 Å². The second-order valence-corrected chi connectivity index (χ2v) is 5.36. The highest BCUT2D eigenvalue weighted by Gasteiger charge is 2.01. The minimum atomic E-state index is 0.456. The number of carbonyl (C=O) groups is 1. The first-order valence-electron chi connectivity index (χ1n) is 8.03. The molecule has 0 bridgehead atoms. The van der Waals surface area contributed by atoms with E-state index in [1.165, 1.54) is 44.9 Å². The molecule has 0 unspecified atom stereocenters. The molecule has 0 amide bonds.